The lowest BCUT2D eigenvalue weighted by Gasteiger charge is -2.36. The molecule has 0 radical (unpaired) electrons. The summed E-state index contributed by atoms with van der Waals surface area (Å²) in [5.41, 5.74) is 2.42. The molecular weight excluding hydrogens is 290 g/mol. The van der Waals surface area contributed by atoms with Gasteiger partial charge in [-0.3, -0.25) is 4.79 Å². The number of hydrogen-bond donors (Lipinski definition) is 0. The fourth-order valence-corrected chi connectivity index (χ4v) is 3.19. The zero-order chi connectivity index (χ0) is 16.2. The standard InChI is InChI=1S/C19H19NO3/c1-13(21)17-11-12-18(14-5-3-2-4-6-14)23-19(17)15-7-9-16(20-22)10-8-15/h2-10,17-19H,11-12H2,1H3/t17-,18+,19+/m1/s1. The Balaban J connectivity index is 1.88. The van der Waals surface area contributed by atoms with Crippen molar-refractivity contribution in [3.05, 3.63) is 70.6 Å². The molecule has 0 bridgehead atoms. The van der Waals surface area contributed by atoms with Gasteiger partial charge in [0.2, 0.25) is 0 Å². The van der Waals surface area contributed by atoms with Crippen LogP contribution >= 0.6 is 0 Å². The second-order valence-electron chi connectivity index (χ2n) is 5.93. The van der Waals surface area contributed by atoms with Gasteiger partial charge in [0, 0.05) is 5.92 Å². The van der Waals surface area contributed by atoms with Crippen molar-refractivity contribution in [2.24, 2.45) is 11.1 Å². The highest BCUT2D eigenvalue weighted by Gasteiger charge is 2.35. The molecule has 23 heavy (non-hydrogen) atoms. The summed E-state index contributed by atoms with van der Waals surface area (Å²) in [6.45, 7) is 1.62. The Labute approximate surface area is 135 Å². The lowest BCUT2D eigenvalue weighted by Crippen LogP contribution is -2.29. The molecule has 2 aromatic rings. The molecule has 118 valence electrons. The Kier molecular flexibility index (Phi) is 4.63. The topological polar surface area (TPSA) is 55.7 Å². The number of benzene rings is 2. The summed E-state index contributed by atoms with van der Waals surface area (Å²) < 4.78 is 6.28. The maximum atomic E-state index is 12.0. The predicted octanol–water partition coefficient (Wildman–Crippen LogP) is 4.88. The molecule has 0 spiro atoms. The number of nitroso groups, excluding NO2 is 1. The average molecular weight is 309 g/mol. The number of Topliss-reactive ketones (excluding diaryl/α,β-unsaturated/α-hetero) is 1. The number of carbonyl (C=O) groups is 1. The fraction of sp³-hybridized carbons (Fsp3) is 0.316. The van der Waals surface area contributed by atoms with Crippen molar-refractivity contribution in [1.82, 2.24) is 0 Å². The third-order valence-electron chi connectivity index (χ3n) is 4.44. The highest BCUT2D eigenvalue weighted by atomic mass is 16.5. The molecule has 0 amide bonds. The minimum Gasteiger partial charge on any atom is -0.365 e. The molecule has 4 nitrogen and oxygen atoms in total. The van der Waals surface area contributed by atoms with Crippen LogP contribution in [-0.2, 0) is 9.53 Å². The van der Waals surface area contributed by atoms with Crippen LogP contribution in [0.3, 0.4) is 0 Å². The lowest BCUT2D eigenvalue weighted by atomic mass is 9.84. The van der Waals surface area contributed by atoms with Crippen LogP contribution in [0.4, 0.5) is 5.69 Å². The fourth-order valence-electron chi connectivity index (χ4n) is 3.19. The largest absolute Gasteiger partial charge is 0.365 e. The first-order chi connectivity index (χ1) is 11.2. The summed E-state index contributed by atoms with van der Waals surface area (Å²) in [6, 6.07) is 17.0. The van der Waals surface area contributed by atoms with Crippen LogP contribution in [0, 0.1) is 10.8 Å². The molecule has 3 atom stereocenters. The van der Waals surface area contributed by atoms with Gasteiger partial charge in [-0.1, -0.05) is 42.5 Å². The second-order valence-corrected chi connectivity index (χ2v) is 5.93. The molecule has 0 aliphatic carbocycles. The van der Waals surface area contributed by atoms with E-state index in [-0.39, 0.29) is 23.9 Å². The highest BCUT2D eigenvalue weighted by molar-refractivity contribution is 5.79. The van der Waals surface area contributed by atoms with E-state index >= 15 is 0 Å². The molecule has 3 rings (SSSR count). The number of nitrogens with zero attached hydrogens (tertiary/aromatic N) is 1. The van der Waals surface area contributed by atoms with E-state index in [1.54, 1.807) is 19.1 Å². The van der Waals surface area contributed by atoms with E-state index in [1.165, 1.54) is 0 Å². The molecule has 2 aromatic carbocycles. The molecular formula is C19H19NO3. The lowest BCUT2D eigenvalue weighted by molar-refractivity contribution is -0.137. The molecule has 0 saturated carbocycles. The minimum atomic E-state index is -0.285. The Morgan fingerprint density at radius 1 is 1.00 bits per heavy atom. The number of rotatable bonds is 4. The third-order valence-corrected chi connectivity index (χ3v) is 4.44. The zero-order valence-corrected chi connectivity index (χ0v) is 13.0. The normalized spacial score (nSPS) is 24.1. The summed E-state index contributed by atoms with van der Waals surface area (Å²) in [7, 11) is 0. The van der Waals surface area contributed by atoms with Crippen molar-refractivity contribution in [2.45, 2.75) is 32.0 Å². The maximum absolute atomic E-state index is 12.0. The molecule has 1 fully saturated rings. The van der Waals surface area contributed by atoms with E-state index in [0.29, 0.717) is 5.69 Å². The van der Waals surface area contributed by atoms with Gasteiger partial charge in [-0.2, -0.15) is 0 Å². The Morgan fingerprint density at radius 3 is 2.30 bits per heavy atom. The van der Waals surface area contributed by atoms with Crippen molar-refractivity contribution in [3.63, 3.8) is 0 Å². The van der Waals surface area contributed by atoms with Gasteiger partial charge in [0.25, 0.3) is 0 Å². The van der Waals surface area contributed by atoms with E-state index in [1.807, 2.05) is 30.3 Å². The number of ketones is 1. The van der Waals surface area contributed by atoms with Gasteiger partial charge in [-0.05, 0) is 48.2 Å². The van der Waals surface area contributed by atoms with Crippen molar-refractivity contribution in [1.29, 1.82) is 0 Å². The van der Waals surface area contributed by atoms with E-state index in [2.05, 4.69) is 17.3 Å². The number of ether oxygens (including phenoxy) is 1. The van der Waals surface area contributed by atoms with E-state index < -0.39 is 0 Å². The summed E-state index contributed by atoms with van der Waals surface area (Å²) in [4.78, 5) is 22.6. The molecule has 0 unspecified atom stereocenters. The van der Waals surface area contributed by atoms with Gasteiger partial charge in [0.1, 0.15) is 11.5 Å². The highest BCUT2D eigenvalue weighted by Crippen LogP contribution is 2.42. The smallest absolute Gasteiger partial charge is 0.135 e. The van der Waals surface area contributed by atoms with E-state index in [0.717, 1.165) is 24.0 Å². The zero-order valence-electron chi connectivity index (χ0n) is 13.0. The number of carbonyl (C=O) groups excluding carboxylic acids is 1. The molecule has 1 heterocycles. The van der Waals surface area contributed by atoms with Crippen molar-refractivity contribution in [3.8, 4) is 0 Å². The first-order valence-electron chi connectivity index (χ1n) is 7.83. The molecule has 0 aromatic heterocycles. The van der Waals surface area contributed by atoms with Crippen LogP contribution in [0.2, 0.25) is 0 Å². The Bertz CT molecular complexity index is 682. The van der Waals surface area contributed by atoms with Crippen LogP contribution in [0.5, 0.6) is 0 Å². The maximum Gasteiger partial charge on any atom is 0.135 e. The predicted molar refractivity (Wildman–Crippen MR) is 88.3 cm³/mol. The Hall–Kier alpha value is -2.33. The summed E-state index contributed by atoms with van der Waals surface area (Å²) in [5.74, 6) is -0.0101. The average Bonchev–Trinajstić information content (AvgIpc) is 2.62. The SMILES string of the molecule is CC(=O)[C@H]1CC[C@@H](c2ccccc2)O[C@H]1c1ccc(N=O)cc1. The molecule has 1 saturated heterocycles. The summed E-state index contributed by atoms with van der Waals surface area (Å²) >= 11 is 0. The Morgan fingerprint density at radius 2 is 1.70 bits per heavy atom. The van der Waals surface area contributed by atoms with Crippen molar-refractivity contribution >= 4 is 11.5 Å². The van der Waals surface area contributed by atoms with Gasteiger partial charge >= 0.3 is 0 Å². The van der Waals surface area contributed by atoms with Gasteiger partial charge < -0.3 is 4.74 Å². The monoisotopic (exact) mass is 309 g/mol. The van der Waals surface area contributed by atoms with Crippen molar-refractivity contribution in [2.75, 3.05) is 0 Å². The van der Waals surface area contributed by atoms with Gasteiger partial charge in [-0.15, -0.1) is 4.91 Å². The van der Waals surface area contributed by atoms with E-state index in [9.17, 15) is 9.70 Å². The van der Waals surface area contributed by atoms with Crippen LogP contribution in [0.15, 0.2) is 59.8 Å². The van der Waals surface area contributed by atoms with Crippen LogP contribution < -0.4 is 0 Å². The minimum absolute atomic E-state index is 0.0133. The quantitative estimate of drug-likeness (QED) is 0.756. The van der Waals surface area contributed by atoms with Crippen LogP contribution in [0.25, 0.3) is 0 Å². The number of hydrogen-bond acceptors (Lipinski definition) is 4. The van der Waals surface area contributed by atoms with Gasteiger partial charge in [0.05, 0.1) is 12.2 Å². The van der Waals surface area contributed by atoms with Crippen LogP contribution in [0.1, 0.15) is 43.1 Å². The summed E-state index contributed by atoms with van der Waals surface area (Å²) in [5, 5.41) is 2.92. The van der Waals surface area contributed by atoms with Crippen molar-refractivity contribution < 1.29 is 9.53 Å². The molecule has 4 heteroatoms. The molecule has 0 N–H and O–H groups in total. The van der Waals surface area contributed by atoms with Crippen LogP contribution in [-0.4, -0.2) is 5.78 Å². The molecule has 1 aliphatic rings. The van der Waals surface area contributed by atoms with Gasteiger partial charge in [0.15, 0.2) is 0 Å². The van der Waals surface area contributed by atoms with Gasteiger partial charge in [-0.25, -0.2) is 0 Å². The van der Waals surface area contributed by atoms with E-state index in [4.69, 9.17) is 4.74 Å². The first kappa shape index (κ1) is 15.6. The summed E-state index contributed by atoms with van der Waals surface area (Å²) in [6.07, 6.45) is 1.33. The first-order valence-corrected chi connectivity index (χ1v) is 7.83. The third kappa shape index (κ3) is 3.37. The second kappa shape index (κ2) is 6.84. The molecule has 1 aliphatic heterocycles.